The standard InChI is InChI=1S/C12H13N3O2.ClH/c1-15(2)7-11-13-12(14-17-11)10-5-3-4-9(6-10)8-16;/h3-6,8H,7H2,1-2H3;1H. The molecule has 0 N–H and O–H groups in total. The highest BCUT2D eigenvalue weighted by Gasteiger charge is 2.09. The highest BCUT2D eigenvalue weighted by Crippen LogP contribution is 2.16. The van der Waals surface area contributed by atoms with Gasteiger partial charge in [-0.1, -0.05) is 23.4 Å². The van der Waals surface area contributed by atoms with Gasteiger partial charge in [-0.15, -0.1) is 12.4 Å². The molecule has 0 saturated carbocycles. The number of aromatic nitrogens is 2. The van der Waals surface area contributed by atoms with Crippen molar-refractivity contribution in [2.24, 2.45) is 0 Å². The summed E-state index contributed by atoms with van der Waals surface area (Å²) in [6, 6.07) is 7.10. The lowest BCUT2D eigenvalue weighted by molar-refractivity contribution is 0.112. The monoisotopic (exact) mass is 267 g/mol. The minimum absolute atomic E-state index is 0. The summed E-state index contributed by atoms with van der Waals surface area (Å²) in [6.07, 6.45) is 0.796. The van der Waals surface area contributed by atoms with E-state index in [4.69, 9.17) is 4.52 Å². The number of hydrogen-bond donors (Lipinski definition) is 0. The average molecular weight is 268 g/mol. The van der Waals surface area contributed by atoms with Crippen molar-refractivity contribution in [2.75, 3.05) is 14.1 Å². The van der Waals surface area contributed by atoms with Crippen molar-refractivity contribution >= 4 is 18.7 Å². The van der Waals surface area contributed by atoms with Crippen LogP contribution in [0.15, 0.2) is 28.8 Å². The highest BCUT2D eigenvalue weighted by atomic mass is 35.5. The molecule has 0 spiro atoms. The Balaban J connectivity index is 0.00000162. The number of carbonyl (C=O) groups excluding carboxylic acids is 1. The molecule has 5 nitrogen and oxygen atoms in total. The minimum atomic E-state index is 0. The molecular formula is C12H14ClN3O2. The number of nitrogens with zero attached hydrogens (tertiary/aromatic N) is 3. The van der Waals surface area contributed by atoms with Gasteiger partial charge in [0.1, 0.15) is 6.29 Å². The molecule has 18 heavy (non-hydrogen) atoms. The lowest BCUT2D eigenvalue weighted by atomic mass is 10.1. The van der Waals surface area contributed by atoms with Gasteiger partial charge in [-0.25, -0.2) is 0 Å². The molecular weight excluding hydrogens is 254 g/mol. The van der Waals surface area contributed by atoms with Crippen molar-refractivity contribution in [3.63, 3.8) is 0 Å². The molecule has 2 aromatic rings. The Morgan fingerprint density at radius 3 is 2.83 bits per heavy atom. The lowest BCUT2D eigenvalue weighted by Gasteiger charge is -2.02. The first kappa shape index (κ1) is 14.3. The zero-order valence-corrected chi connectivity index (χ0v) is 11.0. The summed E-state index contributed by atoms with van der Waals surface area (Å²) in [5.41, 5.74) is 1.38. The SMILES string of the molecule is CN(C)Cc1nc(-c2cccc(C=O)c2)no1.Cl. The van der Waals surface area contributed by atoms with Gasteiger partial charge < -0.3 is 9.42 Å². The van der Waals surface area contributed by atoms with Gasteiger partial charge in [0.05, 0.1) is 6.54 Å². The van der Waals surface area contributed by atoms with Crippen LogP contribution in [0.2, 0.25) is 0 Å². The molecule has 0 saturated heterocycles. The van der Waals surface area contributed by atoms with Crippen LogP contribution in [0.3, 0.4) is 0 Å². The molecule has 0 atom stereocenters. The first-order chi connectivity index (χ1) is 8.19. The fourth-order valence-electron chi connectivity index (χ4n) is 1.46. The maximum absolute atomic E-state index is 10.7. The van der Waals surface area contributed by atoms with Crippen molar-refractivity contribution in [3.8, 4) is 11.4 Å². The van der Waals surface area contributed by atoms with Crippen LogP contribution in [-0.2, 0) is 6.54 Å². The first-order valence-corrected chi connectivity index (χ1v) is 5.22. The first-order valence-electron chi connectivity index (χ1n) is 5.22. The van der Waals surface area contributed by atoms with Gasteiger partial charge in [0.25, 0.3) is 0 Å². The average Bonchev–Trinajstić information content (AvgIpc) is 2.77. The molecule has 0 amide bonds. The van der Waals surface area contributed by atoms with Crippen molar-refractivity contribution in [3.05, 3.63) is 35.7 Å². The summed E-state index contributed by atoms with van der Waals surface area (Å²) >= 11 is 0. The summed E-state index contributed by atoms with van der Waals surface area (Å²) in [5, 5.41) is 3.89. The van der Waals surface area contributed by atoms with E-state index < -0.39 is 0 Å². The Bertz CT molecular complexity index is 526. The molecule has 0 aliphatic rings. The predicted octanol–water partition coefficient (Wildman–Crippen LogP) is 2.03. The minimum Gasteiger partial charge on any atom is -0.338 e. The third-order valence-electron chi connectivity index (χ3n) is 2.20. The quantitative estimate of drug-likeness (QED) is 0.794. The van der Waals surface area contributed by atoms with Gasteiger partial charge in [0.2, 0.25) is 11.7 Å². The Morgan fingerprint density at radius 1 is 1.39 bits per heavy atom. The molecule has 0 radical (unpaired) electrons. The molecule has 1 aromatic heterocycles. The third kappa shape index (κ3) is 3.38. The normalized spacial score (nSPS) is 10.2. The Hall–Kier alpha value is -1.72. The predicted molar refractivity (Wildman–Crippen MR) is 69.8 cm³/mol. The van der Waals surface area contributed by atoms with Crippen LogP contribution in [0.5, 0.6) is 0 Å². The molecule has 0 bridgehead atoms. The zero-order chi connectivity index (χ0) is 12.3. The number of rotatable bonds is 4. The van der Waals surface area contributed by atoms with Crippen LogP contribution in [0.1, 0.15) is 16.2 Å². The van der Waals surface area contributed by atoms with Crippen LogP contribution in [-0.4, -0.2) is 35.4 Å². The topological polar surface area (TPSA) is 59.2 Å². The maximum atomic E-state index is 10.7. The second-order valence-electron chi connectivity index (χ2n) is 3.99. The zero-order valence-electron chi connectivity index (χ0n) is 10.2. The fourth-order valence-corrected chi connectivity index (χ4v) is 1.46. The van der Waals surface area contributed by atoms with Gasteiger partial charge in [0.15, 0.2) is 0 Å². The van der Waals surface area contributed by atoms with E-state index >= 15 is 0 Å². The van der Waals surface area contributed by atoms with E-state index in [1.807, 2.05) is 25.1 Å². The van der Waals surface area contributed by atoms with Crippen molar-refractivity contribution in [1.29, 1.82) is 0 Å². The maximum Gasteiger partial charge on any atom is 0.241 e. The molecule has 96 valence electrons. The molecule has 0 aliphatic carbocycles. The van der Waals surface area contributed by atoms with Gasteiger partial charge >= 0.3 is 0 Å². The third-order valence-corrected chi connectivity index (χ3v) is 2.20. The van der Waals surface area contributed by atoms with Gasteiger partial charge in [-0.3, -0.25) is 4.79 Å². The van der Waals surface area contributed by atoms with E-state index in [-0.39, 0.29) is 12.4 Å². The molecule has 0 aliphatic heterocycles. The fraction of sp³-hybridized carbons (Fsp3) is 0.250. The largest absolute Gasteiger partial charge is 0.338 e. The molecule has 2 rings (SSSR count). The highest BCUT2D eigenvalue weighted by molar-refractivity contribution is 5.85. The van der Waals surface area contributed by atoms with E-state index in [0.717, 1.165) is 11.8 Å². The molecule has 1 heterocycles. The summed E-state index contributed by atoms with van der Waals surface area (Å²) < 4.78 is 5.11. The van der Waals surface area contributed by atoms with Gasteiger partial charge in [0, 0.05) is 11.1 Å². The van der Waals surface area contributed by atoms with Crippen LogP contribution >= 0.6 is 12.4 Å². The van der Waals surface area contributed by atoms with E-state index in [1.54, 1.807) is 18.2 Å². The number of carbonyl (C=O) groups is 1. The number of hydrogen-bond acceptors (Lipinski definition) is 5. The summed E-state index contributed by atoms with van der Waals surface area (Å²) in [7, 11) is 3.85. The Kier molecular flexibility index (Phi) is 5.00. The van der Waals surface area contributed by atoms with Crippen molar-refractivity contribution in [1.82, 2.24) is 15.0 Å². The smallest absolute Gasteiger partial charge is 0.241 e. The van der Waals surface area contributed by atoms with Crippen LogP contribution in [0.4, 0.5) is 0 Å². The second kappa shape index (κ2) is 6.28. The van der Waals surface area contributed by atoms with E-state index in [1.165, 1.54) is 0 Å². The molecule has 0 fully saturated rings. The van der Waals surface area contributed by atoms with Gasteiger partial charge in [-0.2, -0.15) is 4.98 Å². The van der Waals surface area contributed by atoms with E-state index in [2.05, 4.69) is 10.1 Å². The molecule has 6 heteroatoms. The number of aldehydes is 1. The van der Waals surface area contributed by atoms with Crippen molar-refractivity contribution in [2.45, 2.75) is 6.54 Å². The summed E-state index contributed by atoms with van der Waals surface area (Å²) in [4.78, 5) is 16.9. The van der Waals surface area contributed by atoms with Gasteiger partial charge in [-0.05, 0) is 20.2 Å². The van der Waals surface area contributed by atoms with Crippen molar-refractivity contribution < 1.29 is 9.32 Å². The van der Waals surface area contributed by atoms with Crippen LogP contribution < -0.4 is 0 Å². The molecule has 0 unspecified atom stereocenters. The lowest BCUT2D eigenvalue weighted by Crippen LogP contribution is -2.10. The summed E-state index contributed by atoms with van der Waals surface area (Å²) in [5.74, 6) is 1.06. The van der Waals surface area contributed by atoms with Crippen LogP contribution in [0.25, 0.3) is 11.4 Å². The van der Waals surface area contributed by atoms with Crippen LogP contribution in [0, 0.1) is 0 Å². The Labute approximate surface area is 111 Å². The summed E-state index contributed by atoms with van der Waals surface area (Å²) in [6.45, 7) is 0.598. The number of halogens is 1. The second-order valence-corrected chi connectivity index (χ2v) is 3.99. The van der Waals surface area contributed by atoms with E-state index in [9.17, 15) is 4.79 Å². The van der Waals surface area contributed by atoms with E-state index in [0.29, 0.717) is 23.8 Å². The number of benzene rings is 1. The molecule has 1 aromatic carbocycles. The Morgan fingerprint density at radius 2 is 2.17 bits per heavy atom.